The Morgan fingerprint density at radius 2 is 0.398 bits per heavy atom. The molecule has 28 heteroatoms. The zero-order valence-electron chi connectivity index (χ0n) is 57.7. The summed E-state index contributed by atoms with van der Waals surface area (Å²) in [5.74, 6) is -3.65. The maximum absolute atomic E-state index is 12.7. The summed E-state index contributed by atoms with van der Waals surface area (Å²) in [6.45, 7) is 43.4. The molecule has 0 aliphatic carbocycles. The van der Waals surface area contributed by atoms with Gasteiger partial charge in [0, 0.05) is 118 Å². The summed E-state index contributed by atoms with van der Waals surface area (Å²) in [4.78, 5) is 115. The predicted molar refractivity (Wildman–Crippen MR) is 320 cm³/mol. The summed E-state index contributed by atoms with van der Waals surface area (Å²) < 4.78 is 33.4. The minimum absolute atomic E-state index is 0. The van der Waals surface area contributed by atoms with Gasteiger partial charge in [0.1, 0.15) is 33.6 Å². The zero-order chi connectivity index (χ0) is 64.3. The monoisotopic (exact) mass is 1400 g/mol. The van der Waals surface area contributed by atoms with Gasteiger partial charge in [-0.15, -0.1) is 0 Å². The Morgan fingerprint density at radius 1 is 0.273 bits per heavy atom. The third-order valence-corrected chi connectivity index (χ3v) is 12.2. The van der Waals surface area contributed by atoms with Crippen LogP contribution >= 0.6 is 0 Å². The molecular weight excluding hydrogens is 1290 g/mol. The molecule has 2 fully saturated rings. The molecule has 504 valence electrons. The van der Waals surface area contributed by atoms with Crippen LogP contribution in [0.1, 0.15) is 150 Å². The summed E-state index contributed by atoms with van der Waals surface area (Å²) in [6, 6.07) is 0. The summed E-state index contributed by atoms with van der Waals surface area (Å²) in [7, 11) is 0. The van der Waals surface area contributed by atoms with Crippen LogP contribution in [0, 0.1) is 0 Å². The molecule has 24 nitrogen and oxygen atoms in total. The van der Waals surface area contributed by atoms with Crippen molar-refractivity contribution in [2.75, 3.05) is 157 Å². The number of hydrogen-bond acceptors (Lipinski definition) is 22. The molecule has 0 aromatic heterocycles. The average molecular weight is 1410 g/mol. The SMILES string of the molecule is CC(C)(C)OC(=O)CN1CCN(CCCC(=O)O)CCN(CC(=O)OC(C)(C)C)CCN(CC(=O)OC(C)(C)C)CC1.CC(C)(C)OC(=O)CN1CCN(CCCC(=O)O)CCN(CC(=O)OC(C)(C)C)CCN(CC(=O)OC(C)(C)C)CC1.[Br-].[Br-].[Na+].[Na+]. The number of esters is 6. The molecule has 2 heterocycles. The number of carbonyl (C=O) groups is 8. The van der Waals surface area contributed by atoms with Crippen LogP contribution in [0.4, 0.5) is 0 Å². The van der Waals surface area contributed by atoms with E-state index in [0.717, 1.165) is 0 Å². The van der Waals surface area contributed by atoms with E-state index in [4.69, 9.17) is 38.6 Å². The van der Waals surface area contributed by atoms with Crippen molar-refractivity contribution in [3.8, 4) is 0 Å². The van der Waals surface area contributed by atoms with Gasteiger partial charge in [0.25, 0.3) is 0 Å². The number of nitrogens with zero attached hydrogens (tertiary/aromatic N) is 8. The van der Waals surface area contributed by atoms with Crippen molar-refractivity contribution in [2.45, 2.75) is 184 Å². The molecule has 0 aromatic rings. The Morgan fingerprint density at radius 3 is 0.511 bits per heavy atom. The van der Waals surface area contributed by atoms with Gasteiger partial charge in [-0.05, 0) is 151 Å². The molecule has 2 aliphatic heterocycles. The molecule has 0 atom stereocenters. The van der Waals surface area contributed by atoms with Crippen LogP contribution in [-0.2, 0) is 66.8 Å². The topological polar surface area (TPSA) is 258 Å². The summed E-state index contributed by atoms with van der Waals surface area (Å²) in [5.41, 5.74) is -3.64. The molecule has 0 aromatic carbocycles. The first-order valence-corrected chi connectivity index (χ1v) is 29.9. The Bertz CT molecular complexity index is 1830. The summed E-state index contributed by atoms with van der Waals surface area (Å²) in [5, 5.41) is 18.3. The minimum Gasteiger partial charge on any atom is -1.00 e. The van der Waals surface area contributed by atoms with Gasteiger partial charge in [0.2, 0.25) is 0 Å². The van der Waals surface area contributed by atoms with E-state index >= 15 is 0 Å². The van der Waals surface area contributed by atoms with Gasteiger partial charge < -0.3 is 82.4 Å². The number of rotatable bonds is 20. The third-order valence-electron chi connectivity index (χ3n) is 12.2. The van der Waals surface area contributed by atoms with Crippen LogP contribution in [0.25, 0.3) is 0 Å². The van der Waals surface area contributed by atoms with E-state index in [0.29, 0.717) is 131 Å². The molecule has 0 saturated carbocycles. The van der Waals surface area contributed by atoms with Gasteiger partial charge in [-0.3, -0.25) is 67.8 Å². The minimum atomic E-state index is -0.840. The van der Waals surface area contributed by atoms with E-state index in [1.807, 2.05) is 154 Å². The average Bonchev–Trinajstić information content (AvgIpc) is 3.26. The standard InChI is InChI=1S/2C30H56N4O8.2BrH.2Na/c2*1-28(2,3)40-25(37)21-32-15-13-31(12-10-11-24(35)36)14-16-33(22-26(38)41-29(4,5)6)18-20-34(19-17-32)23-27(39)42-30(7,8)9;;;;/h2*10-23H2,1-9H3,(H,35,36);2*1H;;/q;;;;2*+1/p-2. The number of carboxylic acid groups (broad SMARTS) is 2. The van der Waals surface area contributed by atoms with Crippen molar-refractivity contribution < 1.29 is 170 Å². The van der Waals surface area contributed by atoms with Gasteiger partial charge >= 0.3 is 107 Å². The van der Waals surface area contributed by atoms with Crippen molar-refractivity contribution in [1.29, 1.82) is 0 Å². The van der Waals surface area contributed by atoms with Crippen LogP contribution in [-0.4, -0.2) is 288 Å². The number of halogens is 2. The second-order valence-corrected chi connectivity index (χ2v) is 27.9. The van der Waals surface area contributed by atoms with Gasteiger partial charge in [-0.25, -0.2) is 0 Å². The molecule has 2 N–H and O–H groups in total. The van der Waals surface area contributed by atoms with Gasteiger partial charge in [-0.2, -0.15) is 0 Å². The van der Waals surface area contributed by atoms with Crippen molar-refractivity contribution in [3.63, 3.8) is 0 Å². The molecule has 0 radical (unpaired) electrons. The largest absolute Gasteiger partial charge is 1.00 e. The van der Waals surface area contributed by atoms with Crippen molar-refractivity contribution in [2.24, 2.45) is 0 Å². The molecule has 2 aliphatic rings. The second kappa shape index (κ2) is 44.9. The second-order valence-electron chi connectivity index (χ2n) is 27.9. The van der Waals surface area contributed by atoms with Crippen LogP contribution in [0.5, 0.6) is 0 Å². The van der Waals surface area contributed by atoms with E-state index in [1.54, 1.807) is 0 Å². The van der Waals surface area contributed by atoms with Crippen LogP contribution < -0.4 is 93.1 Å². The van der Waals surface area contributed by atoms with E-state index in [-0.39, 0.29) is 181 Å². The van der Waals surface area contributed by atoms with Crippen molar-refractivity contribution in [3.05, 3.63) is 0 Å². The molecule has 88 heavy (non-hydrogen) atoms. The fraction of sp³-hybridized carbons (Fsp3) is 0.867. The molecule has 0 spiro atoms. The smallest absolute Gasteiger partial charge is 1.00 e. The number of carboxylic acids is 2. The quantitative estimate of drug-likeness (QED) is 0.0652. The van der Waals surface area contributed by atoms with Gasteiger partial charge in [0.15, 0.2) is 0 Å². The number of aliphatic carboxylic acids is 2. The normalized spacial score (nSPS) is 17.2. The first-order chi connectivity index (χ1) is 38.4. The predicted octanol–water partition coefficient (Wildman–Crippen LogP) is -7.79. The van der Waals surface area contributed by atoms with Crippen molar-refractivity contribution >= 4 is 47.8 Å². The van der Waals surface area contributed by atoms with E-state index in [1.165, 1.54) is 0 Å². The maximum Gasteiger partial charge on any atom is 1.00 e. The first-order valence-electron chi connectivity index (χ1n) is 29.9. The van der Waals surface area contributed by atoms with Crippen LogP contribution in [0.2, 0.25) is 0 Å². The summed E-state index contributed by atoms with van der Waals surface area (Å²) in [6.07, 6.45) is 1.13. The van der Waals surface area contributed by atoms with Crippen LogP contribution in [0.3, 0.4) is 0 Å². The molecule has 2 saturated heterocycles. The van der Waals surface area contributed by atoms with Crippen molar-refractivity contribution in [1.82, 2.24) is 39.2 Å². The number of hydrogen-bond donors (Lipinski definition) is 2. The molecule has 0 amide bonds. The Labute approximate surface area is 593 Å². The van der Waals surface area contributed by atoms with E-state index in [9.17, 15) is 38.4 Å². The number of ether oxygens (including phenoxy) is 6. The molecular formula is C60H112Br2N8Na2O16. The fourth-order valence-corrected chi connectivity index (χ4v) is 8.80. The molecule has 2 rings (SSSR count). The molecule has 0 unspecified atom stereocenters. The van der Waals surface area contributed by atoms with Gasteiger partial charge in [0.05, 0.1) is 39.3 Å². The summed E-state index contributed by atoms with van der Waals surface area (Å²) >= 11 is 0. The van der Waals surface area contributed by atoms with Crippen LogP contribution in [0.15, 0.2) is 0 Å². The number of carbonyl (C=O) groups excluding carboxylic acids is 6. The molecule has 0 bridgehead atoms. The zero-order valence-corrected chi connectivity index (χ0v) is 64.9. The van der Waals surface area contributed by atoms with Gasteiger partial charge in [-0.1, -0.05) is 0 Å². The first kappa shape index (κ1) is 92.8. The Kier molecular flexibility index (Phi) is 47.4. The maximum atomic E-state index is 12.7. The van der Waals surface area contributed by atoms with E-state index in [2.05, 4.69) is 9.80 Å². The fourth-order valence-electron chi connectivity index (χ4n) is 8.80. The third kappa shape index (κ3) is 53.9. The Hall–Kier alpha value is -1.60. The van der Waals surface area contributed by atoms with E-state index < -0.39 is 45.5 Å². The Balaban J connectivity index is -0.000000767.